The van der Waals surface area contributed by atoms with Gasteiger partial charge in [0.25, 0.3) is 0 Å². The van der Waals surface area contributed by atoms with Crippen molar-refractivity contribution in [3.05, 3.63) is 22.4 Å². The smallest absolute Gasteiger partial charge is 0.237 e. The molecule has 1 saturated heterocycles. The van der Waals surface area contributed by atoms with Crippen LogP contribution in [0, 0.1) is 0 Å². The number of aliphatic hydroxyl groups excluding tert-OH is 1. The summed E-state index contributed by atoms with van der Waals surface area (Å²) in [5, 5.41) is 14.5. The number of likely N-dealkylation sites (tertiary alicyclic amines) is 1. The monoisotopic (exact) mass is 268 g/mol. The largest absolute Gasteiger partial charge is 0.392 e. The van der Waals surface area contributed by atoms with Gasteiger partial charge in [-0.3, -0.25) is 9.69 Å². The molecule has 1 aliphatic heterocycles. The van der Waals surface area contributed by atoms with Gasteiger partial charge in [0.1, 0.15) is 0 Å². The van der Waals surface area contributed by atoms with Crippen LogP contribution in [0.2, 0.25) is 0 Å². The maximum absolute atomic E-state index is 11.9. The SMILES string of the molecule is CC(C(=O)NCCc1cccs1)N1CC[C@H](O)C1. The fourth-order valence-corrected chi connectivity index (χ4v) is 2.91. The molecule has 0 saturated carbocycles. The van der Waals surface area contributed by atoms with Gasteiger partial charge < -0.3 is 10.4 Å². The zero-order valence-corrected chi connectivity index (χ0v) is 11.4. The average Bonchev–Trinajstić information content (AvgIpc) is 2.99. The van der Waals surface area contributed by atoms with Crippen LogP contribution in [-0.4, -0.2) is 47.7 Å². The van der Waals surface area contributed by atoms with Crippen LogP contribution in [0.15, 0.2) is 17.5 Å². The van der Waals surface area contributed by atoms with Gasteiger partial charge in [-0.25, -0.2) is 0 Å². The molecule has 1 unspecified atom stereocenters. The zero-order chi connectivity index (χ0) is 13.0. The van der Waals surface area contributed by atoms with Crippen molar-refractivity contribution < 1.29 is 9.90 Å². The molecule has 0 aliphatic carbocycles. The molecule has 2 N–H and O–H groups in total. The summed E-state index contributed by atoms with van der Waals surface area (Å²) in [5.74, 6) is 0.0562. The summed E-state index contributed by atoms with van der Waals surface area (Å²) in [5.41, 5.74) is 0. The molecule has 1 aliphatic rings. The first kappa shape index (κ1) is 13.5. The molecule has 1 aromatic heterocycles. The first-order chi connectivity index (χ1) is 8.66. The molecule has 0 bridgehead atoms. The lowest BCUT2D eigenvalue weighted by atomic mass is 10.2. The van der Waals surface area contributed by atoms with E-state index in [4.69, 9.17) is 0 Å². The highest BCUT2D eigenvalue weighted by Gasteiger charge is 2.28. The van der Waals surface area contributed by atoms with Crippen LogP contribution in [-0.2, 0) is 11.2 Å². The predicted octanol–water partition coefficient (Wildman–Crippen LogP) is 0.862. The Labute approximate surface area is 112 Å². The Morgan fingerprint density at radius 2 is 2.56 bits per heavy atom. The minimum Gasteiger partial charge on any atom is -0.392 e. The number of hydrogen-bond donors (Lipinski definition) is 2. The number of nitrogens with one attached hydrogen (secondary N) is 1. The van der Waals surface area contributed by atoms with Crippen molar-refractivity contribution in [2.45, 2.75) is 31.9 Å². The molecule has 0 spiro atoms. The number of β-amino-alcohol motifs (C(OH)–C–C–N with tert-alkyl or cyclic N) is 1. The molecule has 2 rings (SSSR count). The van der Waals surface area contributed by atoms with Gasteiger partial charge in [0, 0.05) is 24.5 Å². The van der Waals surface area contributed by atoms with Gasteiger partial charge in [0.15, 0.2) is 0 Å². The van der Waals surface area contributed by atoms with Crippen molar-refractivity contribution in [2.24, 2.45) is 0 Å². The molecule has 0 aromatic carbocycles. The third kappa shape index (κ3) is 3.54. The maximum atomic E-state index is 11.9. The quantitative estimate of drug-likeness (QED) is 0.833. The van der Waals surface area contributed by atoms with Gasteiger partial charge in [-0.05, 0) is 31.2 Å². The highest BCUT2D eigenvalue weighted by Crippen LogP contribution is 2.12. The molecule has 100 valence electrons. The average molecular weight is 268 g/mol. The Hall–Kier alpha value is -0.910. The van der Waals surface area contributed by atoms with E-state index in [1.165, 1.54) is 4.88 Å². The molecule has 4 nitrogen and oxygen atoms in total. The van der Waals surface area contributed by atoms with Crippen molar-refractivity contribution in [2.75, 3.05) is 19.6 Å². The van der Waals surface area contributed by atoms with Crippen LogP contribution in [0.25, 0.3) is 0 Å². The molecular weight excluding hydrogens is 248 g/mol. The van der Waals surface area contributed by atoms with E-state index in [0.29, 0.717) is 13.1 Å². The molecular formula is C13H20N2O2S. The Morgan fingerprint density at radius 3 is 3.17 bits per heavy atom. The van der Waals surface area contributed by atoms with Crippen molar-refractivity contribution in [1.29, 1.82) is 0 Å². The van der Waals surface area contributed by atoms with Gasteiger partial charge in [-0.2, -0.15) is 0 Å². The number of amides is 1. The van der Waals surface area contributed by atoms with Gasteiger partial charge in [-0.1, -0.05) is 6.07 Å². The lowest BCUT2D eigenvalue weighted by Gasteiger charge is -2.22. The number of aliphatic hydroxyl groups is 1. The van der Waals surface area contributed by atoms with E-state index in [9.17, 15) is 9.90 Å². The number of rotatable bonds is 5. The summed E-state index contributed by atoms with van der Waals surface area (Å²) < 4.78 is 0. The van der Waals surface area contributed by atoms with Crippen LogP contribution >= 0.6 is 11.3 Å². The molecule has 1 amide bonds. The summed E-state index contributed by atoms with van der Waals surface area (Å²) in [6.45, 7) is 4.00. The third-order valence-corrected chi connectivity index (χ3v) is 4.31. The summed E-state index contributed by atoms with van der Waals surface area (Å²) in [4.78, 5) is 15.3. The normalized spacial score (nSPS) is 22.0. The van der Waals surface area contributed by atoms with Gasteiger partial charge >= 0.3 is 0 Å². The van der Waals surface area contributed by atoms with Gasteiger partial charge in [0.05, 0.1) is 12.1 Å². The van der Waals surface area contributed by atoms with Crippen LogP contribution in [0.5, 0.6) is 0 Å². The first-order valence-corrected chi connectivity index (χ1v) is 7.27. The summed E-state index contributed by atoms with van der Waals surface area (Å²) in [6, 6.07) is 3.96. The Balaban J connectivity index is 1.70. The Bertz CT molecular complexity index is 380. The fraction of sp³-hybridized carbons (Fsp3) is 0.615. The van der Waals surface area contributed by atoms with Crippen molar-refractivity contribution in [3.8, 4) is 0 Å². The molecule has 1 fully saturated rings. The number of carbonyl (C=O) groups excluding carboxylic acids is 1. The minimum absolute atomic E-state index is 0.0562. The van der Waals surface area contributed by atoms with Crippen LogP contribution < -0.4 is 5.32 Å². The minimum atomic E-state index is -0.272. The van der Waals surface area contributed by atoms with Gasteiger partial charge in [0.2, 0.25) is 5.91 Å². The number of hydrogen-bond acceptors (Lipinski definition) is 4. The maximum Gasteiger partial charge on any atom is 0.237 e. The summed E-state index contributed by atoms with van der Waals surface area (Å²) in [7, 11) is 0. The van der Waals surface area contributed by atoms with E-state index in [1.54, 1.807) is 11.3 Å². The first-order valence-electron chi connectivity index (χ1n) is 6.39. The van der Waals surface area contributed by atoms with E-state index in [0.717, 1.165) is 19.4 Å². The number of thiophene rings is 1. The molecule has 0 radical (unpaired) electrons. The highest BCUT2D eigenvalue weighted by molar-refractivity contribution is 7.09. The van der Waals surface area contributed by atoms with Crippen LogP contribution in [0.4, 0.5) is 0 Å². The third-order valence-electron chi connectivity index (χ3n) is 3.37. The van der Waals surface area contributed by atoms with Crippen molar-refractivity contribution in [3.63, 3.8) is 0 Å². The van der Waals surface area contributed by atoms with Crippen LogP contribution in [0.1, 0.15) is 18.2 Å². The second kappa shape index (κ2) is 6.31. The molecule has 1 aromatic rings. The second-order valence-electron chi connectivity index (χ2n) is 4.73. The second-order valence-corrected chi connectivity index (χ2v) is 5.77. The summed E-state index contributed by atoms with van der Waals surface area (Å²) >= 11 is 1.71. The fourth-order valence-electron chi connectivity index (χ4n) is 2.20. The standard InChI is InChI=1S/C13H20N2O2S/c1-10(15-7-5-11(16)9-15)13(17)14-6-4-12-3-2-8-18-12/h2-3,8,10-11,16H,4-7,9H2,1H3,(H,14,17)/t10?,11-/m0/s1. The van der Waals surface area contributed by atoms with E-state index in [-0.39, 0.29) is 18.1 Å². The lowest BCUT2D eigenvalue weighted by Crippen LogP contribution is -2.44. The Kier molecular flexibility index (Phi) is 4.74. The van der Waals surface area contributed by atoms with E-state index in [2.05, 4.69) is 11.4 Å². The lowest BCUT2D eigenvalue weighted by molar-refractivity contribution is -0.125. The molecule has 2 heterocycles. The topological polar surface area (TPSA) is 52.6 Å². The van der Waals surface area contributed by atoms with E-state index >= 15 is 0 Å². The van der Waals surface area contributed by atoms with Crippen molar-refractivity contribution >= 4 is 17.2 Å². The molecule has 2 atom stereocenters. The highest BCUT2D eigenvalue weighted by atomic mass is 32.1. The van der Waals surface area contributed by atoms with E-state index < -0.39 is 0 Å². The molecule has 5 heteroatoms. The van der Waals surface area contributed by atoms with Crippen LogP contribution in [0.3, 0.4) is 0 Å². The predicted molar refractivity (Wildman–Crippen MR) is 72.7 cm³/mol. The molecule has 18 heavy (non-hydrogen) atoms. The van der Waals surface area contributed by atoms with Gasteiger partial charge in [-0.15, -0.1) is 11.3 Å². The number of nitrogens with zero attached hydrogens (tertiary/aromatic N) is 1. The number of carbonyl (C=O) groups is 1. The summed E-state index contributed by atoms with van der Waals surface area (Å²) in [6.07, 6.45) is 1.39. The van der Waals surface area contributed by atoms with E-state index in [1.807, 2.05) is 23.3 Å². The van der Waals surface area contributed by atoms with Crippen molar-refractivity contribution in [1.82, 2.24) is 10.2 Å². The zero-order valence-electron chi connectivity index (χ0n) is 10.6. The Morgan fingerprint density at radius 1 is 1.72 bits per heavy atom.